The Labute approximate surface area is 237 Å². The number of methoxy groups -OCH3 is 3. The number of hydrogen-bond donors (Lipinski definition) is 0. The number of halogens is 1. The zero-order valence-electron chi connectivity index (χ0n) is 22.7. The zero-order valence-corrected chi connectivity index (χ0v) is 23.5. The van der Waals surface area contributed by atoms with Crippen molar-refractivity contribution in [1.29, 1.82) is 0 Å². The number of rotatable bonds is 8. The molecule has 1 aliphatic heterocycles. The molecule has 4 aromatic rings. The van der Waals surface area contributed by atoms with E-state index in [2.05, 4.69) is 4.90 Å². The average Bonchev–Trinajstić information content (AvgIpc) is 3.38. The Morgan fingerprint density at radius 3 is 2.38 bits per heavy atom. The molecule has 0 spiro atoms. The first-order valence-electron chi connectivity index (χ1n) is 12.9. The lowest BCUT2D eigenvalue weighted by Gasteiger charge is -2.30. The fourth-order valence-corrected chi connectivity index (χ4v) is 5.69. The van der Waals surface area contributed by atoms with E-state index < -0.39 is 0 Å². The summed E-state index contributed by atoms with van der Waals surface area (Å²) in [6.45, 7) is 2.20. The zero-order chi connectivity index (χ0) is 28.4. The van der Waals surface area contributed by atoms with Gasteiger partial charge in [0.25, 0.3) is 0 Å². The van der Waals surface area contributed by atoms with E-state index in [0.29, 0.717) is 57.3 Å². The van der Waals surface area contributed by atoms with Crippen LogP contribution in [0.2, 0.25) is 5.02 Å². The van der Waals surface area contributed by atoms with Crippen LogP contribution in [0.4, 0.5) is 5.69 Å². The number of fused-ring (bicyclic) bond motifs is 1. The number of carbonyl (C=O) groups is 1. The van der Waals surface area contributed by atoms with E-state index in [1.165, 1.54) is 20.1 Å². The van der Waals surface area contributed by atoms with Crippen molar-refractivity contribution in [2.45, 2.75) is 25.3 Å². The Morgan fingerprint density at radius 2 is 1.73 bits per heavy atom. The molecule has 0 aliphatic carbocycles. The van der Waals surface area contributed by atoms with Gasteiger partial charge >= 0.3 is 5.97 Å². The second-order valence-electron chi connectivity index (χ2n) is 9.51. The number of nitrogens with zero attached hydrogens (tertiary/aromatic N) is 1. The van der Waals surface area contributed by atoms with E-state index in [9.17, 15) is 9.59 Å². The van der Waals surface area contributed by atoms with Crippen molar-refractivity contribution in [2.24, 2.45) is 0 Å². The van der Waals surface area contributed by atoms with Crippen LogP contribution in [-0.4, -0.2) is 46.5 Å². The van der Waals surface area contributed by atoms with Crippen LogP contribution in [0.5, 0.6) is 17.2 Å². The van der Waals surface area contributed by atoms with Crippen molar-refractivity contribution < 1.29 is 28.2 Å². The predicted molar refractivity (Wildman–Crippen MR) is 154 cm³/mol. The molecule has 2 heterocycles. The third kappa shape index (κ3) is 5.07. The van der Waals surface area contributed by atoms with Crippen LogP contribution >= 0.6 is 11.6 Å². The molecule has 3 aromatic carbocycles. The van der Waals surface area contributed by atoms with Crippen LogP contribution in [0.3, 0.4) is 0 Å². The van der Waals surface area contributed by atoms with Crippen LogP contribution in [0.15, 0.2) is 69.9 Å². The third-order valence-corrected chi connectivity index (χ3v) is 7.65. The number of benzene rings is 3. The summed E-state index contributed by atoms with van der Waals surface area (Å²) >= 11 is 6.47. The molecule has 1 fully saturated rings. The van der Waals surface area contributed by atoms with E-state index in [0.717, 1.165) is 11.4 Å². The highest BCUT2D eigenvalue weighted by atomic mass is 35.5. The van der Waals surface area contributed by atoms with Gasteiger partial charge in [-0.3, -0.25) is 9.59 Å². The molecule has 1 saturated heterocycles. The van der Waals surface area contributed by atoms with Crippen molar-refractivity contribution >= 4 is 34.2 Å². The summed E-state index contributed by atoms with van der Waals surface area (Å²) in [4.78, 5) is 27.6. The molecular formula is C31H30ClNO7. The maximum atomic E-state index is 13.6. The van der Waals surface area contributed by atoms with Gasteiger partial charge in [-0.2, -0.15) is 0 Å². The topological polar surface area (TPSA) is 87.4 Å². The van der Waals surface area contributed by atoms with E-state index in [-0.39, 0.29) is 30.0 Å². The van der Waals surface area contributed by atoms with Gasteiger partial charge in [0, 0.05) is 48.3 Å². The normalized spacial score (nSPS) is 16.7. The molecule has 0 radical (unpaired) electrons. The molecule has 8 nitrogen and oxygen atoms in total. The molecule has 0 bridgehead atoms. The molecule has 2 atom stereocenters. The summed E-state index contributed by atoms with van der Waals surface area (Å²) in [5, 5.41) is 0.768. The monoisotopic (exact) mass is 563 g/mol. The first-order valence-corrected chi connectivity index (χ1v) is 13.3. The highest BCUT2D eigenvalue weighted by Gasteiger charge is 2.40. The SMILES string of the molecule is COc1ccc(N2CC[C@@H](c3c(OC)cc(OC)c4c(=O)cc(-c5ccccc5Cl)oc34)[C@@H]2COC(C)=O)cc1. The van der Waals surface area contributed by atoms with Crippen LogP contribution in [0.25, 0.3) is 22.3 Å². The fraction of sp³-hybridized carbons (Fsp3) is 0.290. The van der Waals surface area contributed by atoms with Crippen molar-refractivity contribution in [3.8, 4) is 28.6 Å². The third-order valence-electron chi connectivity index (χ3n) is 7.32. The van der Waals surface area contributed by atoms with Gasteiger partial charge in [0.1, 0.15) is 40.6 Å². The van der Waals surface area contributed by atoms with Crippen LogP contribution < -0.4 is 24.5 Å². The van der Waals surface area contributed by atoms with E-state index in [1.807, 2.05) is 36.4 Å². The van der Waals surface area contributed by atoms with Gasteiger partial charge in [-0.15, -0.1) is 0 Å². The summed E-state index contributed by atoms with van der Waals surface area (Å²) < 4.78 is 28.8. The van der Waals surface area contributed by atoms with Gasteiger partial charge in [-0.25, -0.2) is 0 Å². The predicted octanol–water partition coefficient (Wildman–Crippen LogP) is 6.06. The molecule has 0 N–H and O–H groups in total. The van der Waals surface area contributed by atoms with Crippen molar-refractivity contribution in [3.63, 3.8) is 0 Å². The number of ether oxygens (including phenoxy) is 4. The maximum Gasteiger partial charge on any atom is 0.302 e. The Hall–Kier alpha value is -4.17. The standard InChI is InChI=1S/C31H30ClNO7/c1-18(34)39-17-24-22(13-14-33(24)19-9-11-20(36-2)12-10-19)29-27(37-3)16-28(38-4)30-25(35)15-26(40-31(29)30)21-7-5-6-8-23(21)32/h5-12,15-16,22,24H,13-14,17H2,1-4H3/t22-,24+/m1/s1. The molecular weight excluding hydrogens is 534 g/mol. The van der Waals surface area contributed by atoms with Gasteiger partial charge < -0.3 is 28.3 Å². The lowest BCUT2D eigenvalue weighted by atomic mass is 9.89. The molecule has 0 saturated carbocycles. The first-order chi connectivity index (χ1) is 19.4. The van der Waals surface area contributed by atoms with Crippen LogP contribution in [0, 0.1) is 0 Å². The highest BCUT2D eigenvalue weighted by Crippen LogP contribution is 2.46. The summed E-state index contributed by atoms with van der Waals surface area (Å²) in [5.41, 5.74) is 2.35. The lowest BCUT2D eigenvalue weighted by molar-refractivity contribution is -0.141. The minimum atomic E-state index is -0.376. The van der Waals surface area contributed by atoms with E-state index in [4.69, 9.17) is 35.0 Å². The second kappa shape index (κ2) is 11.5. The van der Waals surface area contributed by atoms with Gasteiger partial charge in [0.2, 0.25) is 0 Å². The molecule has 0 amide bonds. The quantitative estimate of drug-likeness (QED) is 0.239. The lowest BCUT2D eigenvalue weighted by Crippen LogP contribution is -2.37. The molecule has 1 aromatic heterocycles. The Morgan fingerprint density at radius 1 is 1.00 bits per heavy atom. The largest absolute Gasteiger partial charge is 0.497 e. The summed E-state index contributed by atoms with van der Waals surface area (Å²) in [6, 6.07) is 17.8. The fourth-order valence-electron chi connectivity index (χ4n) is 5.47. The minimum absolute atomic E-state index is 0.136. The minimum Gasteiger partial charge on any atom is -0.497 e. The van der Waals surface area contributed by atoms with Crippen LogP contribution in [0.1, 0.15) is 24.8 Å². The number of hydrogen-bond acceptors (Lipinski definition) is 8. The second-order valence-corrected chi connectivity index (χ2v) is 9.92. The van der Waals surface area contributed by atoms with E-state index in [1.54, 1.807) is 32.4 Å². The molecule has 208 valence electrons. The van der Waals surface area contributed by atoms with E-state index >= 15 is 0 Å². The number of esters is 1. The number of anilines is 1. The maximum absolute atomic E-state index is 13.6. The van der Waals surface area contributed by atoms with Gasteiger partial charge in [0.15, 0.2) is 5.43 Å². The van der Waals surface area contributed by atoms with Gasteiger partial charge in [-0.1, -0.05) is 23.7 Å². The summed E-state index contributed by atoms with van der Waals surface area (Å²) in [6.07, 6.45) is 0.690. The highest BCUT2D eigenvalue weighted by molar-refractivity contribution is 6.33. The Balaban J connectivity index is 1.72. The molecule has 0 unspecified atom stereocenters. The molecule has 9 heteroatoms. The van der Waals surface area contributed by atoms with Crippen molar-refractivity contribution in [2.75, 3.05) is 39.4 Å². The number of carbonyl (C=O) groups excluding carboxylic acids is 1. The van der Waals surface area contributed by atoms with Crippen molar-refractivity contribution in [1.82, 2.24) is 0 Å². The molecule has 40 heavy (non-hydrogen) atoms. The smallest absolute Gasteiger partial charge is 0.302 e. The first kappa shape index (κ1) is 27.4. The van der Waals surface area contributed by atoms with Gasteiger partial charge in [-0.05, 0) is 42.8 Å². The summed E-state index contributed by atoms with van der Waals surface area (Å²) in [5.74, 6) is 1.35. The molecule has 5 rings (SSSR count). The van der Waals surface area contributed by atoms with Crippen LogP contribution in [-0.2, 0) is 9.53 Å². The van der Waals surface area contributed by atoms with Gasteiger partial charge in [0.05, 0.1) is 32.4 Å². The Bertz CT molecular complexity index is 1600. The average molecular weight is 564 g/mol. The summed E-state index contributed by atoms with van der Waals surface area (Å²) in [7, 11) is 4.69. The molecule has 1 aliphatic rings. The Kier molecular flexibility index (Phi) is 7.89. The van der Waals surface area contributed by atoms with Crippen molar-refractivity contribution in [3.05, 3.63) is 81.5 Å².